The third-order valence-electron chi connectivity index (χ3n) is 5.15. The van der Waals surface area contributed by atoms with E-state index in [0.29, 0.717) is 5.92 Å². The molecular formula is C17H24N2. The van der Waals surface area contributed by atoms with Crippen LogP contribution in [0.3, 0.4) is 0 Å². The minimum absolute atomic E-state index is 0.0721. The van der Waals surface area contributed by atoms with Gasteiger partial charge >= 0.3 is 0 Å². The molecule has 1 aromatic rings. The minimum Gasteiger partial charge on any atom is -0.325 e. The van der Waals surface area contributed by atoms with Crippen LogP contribution in [0, 0.1) is 5.41 Å². The number of aryl methyl sites for hydroxylation is 1. The van der Waals surface area contributed by atoms with Crippen molar-refractivity contribution in [2.75, 3.05) is 0 Å². The lowest BCUT2D eigenvalue weighted by molar-refractivity contribution is 0.418. The molecule has 1 saturated carbocycles. The highest BCUT2D eigenvalue weighted by Crippen LogP contribution is 2.41. The van der Waals surface area contributed by atoms with Crippen LogP contribution in [0.1, 0.15) is 61.6 Å². The predicted octanol–water partition coefficient (Wildman–Crippen LogP) is 3.57. The second-order valence-electron chi connectivity index (χ2n) is 6.46. The van der Waals surface area contributed by atoms with E-state index in [-0.39, 0.29) is 5.54 Å². The first-order valence-corrected chi connectivity index (χ1v) is 7.56. The molecule has 0 heterocycles. The van der Waals surface area contributed by atoms with Crippen molar-refractivity contribution in [1.29, 1.82) is 5.41 Å². The van der Waals surface area contributed by atoms with Gasteiger partial charge in [-0.25, -0.2) is 0 Å². The Morgan fingerprint density at radius 2 is 2.16 bits per heavy atom. The van der Waals surface area contributed by atoms with Crippen molar-refractivity contribution in [3.63, 3.8) is 0 Å². The summed E-state index contributed by atoms with van der Waals surface area (Å²) in [7, 11) is 0. The van der Waals surface area contributed by atoms with E-state index in [1.165, 1.54) is 23.1 Å². The van der Waals surface area contributed by atoms with Crippen molar-refractivity contribution in [2.45, 2.75) is 63.3 Å². The van der Waals surface area contributed by atoms with E-state index >= 15 is 0 Å². The Hall–Kier alpha value is -1.15. The zero-order valence-corrected chi connectivity index (χ0v) is 11.8. The maximum absolute atomic E-state index is 7.80. The molecule has 2 aliphatic carbocycles. The lowest BCUT2D eigenvalue weighted by atomic mass is 9.85. The van der Waals surface area contributed by atoms with Gasteiger partial charge in [0.05, 0.1) is 0 Å². The molecule has 0 spiro atoms. The molecule has 102 valence electrons. The molecule has 3 N–H and O–H groups in total. The maximum Gasteiger partial charge on any atom is 0.0157 e. The van der Waals surface area contributed by atoms with Crippen LogP contribution in [0.5, 0.6) is 0 Å². The van der Waals surface area contributed by atoms with Crippen LogP contribution in [-0.2, 0) is 12.8 Å². The van der Waals surface area contributed by atoms with Gasteiger partial charge in [-0.1, -0.05) is 25.1 Å². The maximum atomic E-state index is 7.80. The smallest absolute Gasteiger partial charge is 0.0157 e. The van der Waals surface area contributed by atoms with Crippen LogP contribution < -0.4 is 5.73 Å². The number of nitrogens with two attached hydrogens (primary N) is 1. The Morgan fingerprint density at radius 3 is 2.89 bits per heavy atom. The van der Waals surface area contributed by atoms with Crippen molar-refractivity contribution in [1.82, 2.24) is 0 Å². The molecule has 0 aliphatic heterocycles. The fraction of sp³-hybridized carbons (Fsp3) is 0.588. The van der Waals surface area contributed by atoms with Gasteiger partial charge in [-0.05, 0) is 61.1 Å². The Bertz CT molecular complexity index is 506. The van der Waals surface area contributed by atoms with Crippen molar-refractivity contribution in [3.8, 4) is 0 Å². The average molecular weight is 256 g/mol. The van der Waals surface area contributed by atoms with E-state index in [0.717, 1.165) is 44.2 Å². The monoisotopic (exact) mass is 256 g/mol. The van der Waals surface area contributed by atoms with Gasteiger partial charge in [-0.3, -0.25) is 0 Å². The molecule has 2 atom stereocenters. The van der Waals surface area contributed by atoms with Gasteiger partial charge in [0, 0.05) is 17.7 Å². The molecule has 2 aliphatic rings. The third kappa shape index (κ3) is 2.46. The molecule has 3 rings (SSSR count). The van der Waals surface area contributed by atoms with Gasteiger partial charge in [0.25, 0.3) is 0 Å². The van der Waals surface area contributed by atoms with Crippen molar-refractivity contribution in [3.05, 3.63) is 34.9 Å². The Morgan fingerprint density at radius 1 is 1.32 bits per heavy atom. The fourth-order valence-corrected chi connectivity index (χ4v) is 3.67. The van der Waals surface area contributed by atoms with Gasteiger partial charge in [0.2, 0.25) is 0 Å². The van der Waals surface area contributed by atoms with Gasteiger partial charge in [-0.2, -0.15) is 0 Å². The Labute approximate surface area is 115 Å². The van der Waals surface area contributed by atoms with Gasteiger partial charge < -0.3 is 11.1 Å². The van der Waals surface area contributed by atoms with Crippen molar-refractivity contribution in [2.24, 2.45) is 5.73 Å². The number of nitrogens with one attached hydrogen (secondary N) is 1. The van der Waals surface area contributed by atoms with Crippen LogP contribution in [0.4, 0.5) is 0 Å². The highest BCUT2D eigenvalue weighted by molar-refractivity contribution is 5.85. The first-order valence-electron chi connectivity index (χ1n) is 7.56. The van der Waals surface area contributed by atoms with Gasteiger partial charge in [-0.15, -0.1) is 0 Å². The number of fused-ring (bicyclic) bond motifs is 1. The van der Waals surface area contributed by atoms with E-state index in [2.05, 4.69) is 25.1 Å². The normalized spacial score (nSPS) is 30.4. The van der Waals surface area contributed by atoms with E-state index in [1.54, 1.807) is 0 Å². The quantitative estimate of drug-likeness (QED) is 0.835. The SMILES string of the molecule is CC[C@@]1(N)CC[C@H](c2ccc3c(c2)CCC(=N)C3)C1. The van der Waals surface area contributed by atoms with Crippen molar-refractivity contribution < 1.29 is 0 Å². The minimum atomic E-state index is 0.0721. The molecule has 19 heavy (non-hydrogen) atoms. The fourth-order valence-electron chi connectivity index (χ4n) is 3.67. The van der Waals surface area contributed by atoms with Crippen LogP contribution in [0.25, 0.3) is 0 Å². The van der Waals surface area contributed by atoms with Crippen molar-refractivity contribution >= 4 is 5.71 Å². The standard InChI is InChI=1S/C17H24N2/c1-2-17(19)8-7-15(11-17)13-3-4-14-10-16(18)6-5-12(14)9-13/h3-4,9,15,18H,2,5-8,10-11,19H2,1H3/t15-,17+/m0/s1. The second kappa shape index (κ2) is 4.75. The first-order chi connectivity index (χ1) is 9.09. The summed E-state index contributed by atoms with van der Waals surface area (Å²) in [5.41, 5.74) is 11.7. The zero-order chi connectivity index (χ0) is 13.5. The molecule has 0 bridgehead atoms. The average Bonchev–Trinajstić information content (AvgIpc) is 2.82. The summed E-state index contributed by atoms with van der Waals surface area (Å²) in [5, 5.41) is 7.80. The summed E-state index contributed by atoms with van der Waals surface area (Å²) in [6.45, 7) is 2.21. The lowest BCUT2D eigenvalue weighted by Gasteiger charge is -2.23. The van der Waals surface area contributed by atoms with Crippen LogP contribution in [0.2, 0.25) is 0 Å². The zero-order valence-electron chi connectivity index (χ0n) is 11.8. The van der Waals surface area contributed by atoms with E-state index in [1.807, 2.05) is 0 Å². The summed E-state index contributed by atoms with van der Waals surface area (Å²) < 4.78 is 0. The molecule has 0 aromatic heterocycles. The number of rotatable bonds is 2. The molecule has 0 radical (unpaired) electrons. The number of benzene rings is 1. The summed E-state index contributed by atoms with van der Waals surface area (Å²) in [5.74, 6) is 0.650. The summed E-state index contributed by atoms with van der Waals surface area (Å²) in [6.07, 6.45) is 7.47. The van der Waals surface area contributed by atoms with Crippen LogP contribution in [-0.4, -0.2) is 11.3 Å². The molecule has 2 nitrogen and oxygen atoms in total. The lowest BCUT2D eigenvalue weighted by Crippen LogP contribution is -2.35. The largest absolute Gasteiger partial charge is 0.325 e. The molecule has 1 fully saturated rings. The molecule has 0 unspecified atom stereocenters. The molecule has 0 amide bonds. The Balaban J connectivity index is 1.82. The number of hydrogen-bond donors (Lipinski definition) is 2. The first kappa shape index (κ1) is 12.9. The van der Waals surface area contributed by atoms with Gasteiger partial charge in [0.1, 0.15) is 0 Å². The highest BCUT2D eigenvalue weighted by Gasteiger charge is 2.34. The van der Waals surface area contributed by atoms with Gasteiger partial charge in [0.15, 0.2) is 0 Å². The van der Waals surface area contributed by atoms with Crippen LogP contribution in [0.15, 0.2) is 18.2 Å². The Kier molecular flexibility index (Phi) is 3.22. The molecule has 1 aromatic carbocycles. The highest BCUT2D eigenvalue weighted by atomic mass is 14.8. The van der Waals surface area contributed by atoms with E-state index in [9.17, 15) is 0 Å². The van der Waals surface area contributed by atoms with Crippen LogP contribution >= 0.6 is 0 Å². The molecule has 0 saturated heterocycles. The second-order valence-corrected chi connectivity index (χ2v) is 6.46. The predicted molar refractivity (Wildman–Crippen MR) is 80.0 cm³/mol. The van der Waals surface area contributed by atoms with E-state index < -0.39 is 0 Å². The molecular weight excluding hydrogens is 232 g/mol. The molecule has 2 heteroatoms. The summed E-state index contributed by atoms with van der Waals surface area (Å²) >= 11 is 0. The number of hydrogen-bond acceptors (Lipinski definition) is 2. The third-order valence-corrected chi connectivity index (χ3v) is 5.15. The topological polar surface area (TPSA) is 49.9 Å². The summed E-state index contributed by atoms with van der Waals surface area (Å²) in [4.78, 5) is 0. The van der Waals surface area contributed by atoms with E-state index in [4.69, 9.17) is 11.1 Å². The summed E-state index contributed by atoms with van der Waals surface area (Å²) in [6, 6.07) is 6.93.